The molecular formula is C20H26N2O3. The van der Waals surface area contributed by atoms with Crippen molar-refractivity contribution in [2.24, 2.45) is 0 Å². The summed E-state index contributed by atoms with van der Waals surface area (Å²) in [5, 5.41) is 2.95. The van der Waals surface area contributed by atoms with E-state index in [-0.39, 0.29) is 5.91 Å². The fraction of sp³-hybridized carbons (Fsp3) is 0.350. The highest BCUT2D eigenvalue weighted by Crippen LogP contribution is 2.19. The van der Waals surface area contributed by atoms with Crippen molar-refractivity contribution in [3.8, 4) is 11.5 Å². The topological polar surface area (TPSA) is 50.8 Å². The molecule has 2 aromatic rings. The maximum Gasteiger partial charge on any atom is 0.261 e. The predicted octanol–water partition coefficient (Wildman–Crippen LogP) is 3.11. The Morgan fingerprint density at radius 1 is 1.08 bits per heavy atom. The first-order chi connectivity index (χ1) is 12.1. The first-order valence-electron chi connectivity index (χ1n) is 8.48. The molecule has 0 saturated heterocycles. The number of hydrogen-bond donors (Lipinski definition) is 1. The molecule has 1 amide bonds. The van der Waals surface area contributed by atoms with Crippen LogP contribution < -0.4 is 19.7 Å². The maximum atomic E-state index is 12.3. The minimum atomic E-state index is -0.504. The van der Waals surface area contributed by atoms with Crippen molar-refractivity contribution >= 4 is 11.6 Å². The molecule has 5 nitrogen and oxygen atoms in total. The molecule has 0 radical (unpaired) electrons. The molecule has 0 aliphatic heterocycles. The third kappa shape index (κ3) is 5.71. The van der Waals surface area contributed by atoms with E-state index in [0.717, 1.165) is 18.0 Å². The van der Waals surface area contributed by atoms with Crippen LogP contribution in [0.2, 0.25) is 0 Å². The van der Waals surface area contributed by atoms with E-state index in [9.17, 15) is 4.79 Å². The Balaban J connectivity index is 1.81. The van der Waals surface area contributed by atoms with Crippen molar-refractivity contribution < 1.29 is 14.3 Å². The van der Waals surface area contributed by atoms with Crippen molar-refractivity contribution in [1.29, 1.82) is 0 Å². The van der Waals surface area contributed by atoms with E-state index in [0.29, 0.717) is 18.7 Å². The van der Waals surface area contributed by atoms with E-state index in [4.69, 9.17) is 9.47 Å². The lowest BCUT2D eigenvalue weighted by Gasteiger charge is -2.21. The van der Waals surface area contributed by atoms with E-state index >= 15 is 0 Å². The Kier molecular flexibility index (Phi) is 7.14. The summed E-state index contributed by atoms with van der Waals surface area (Å²) in [6.45, 7) is 3.23. The Morgan fingerprint density at radius 3 is 2.32 bits per heavy atom. The van der Waals surface area contributed by atoms with Gasteiger partial charge in [0.05, 0.1) is 7.11 Å². The van der Waals surface area contributed by atoms with Crippen molar-refractivity contribution in [1.82, 2.24) is 5.32 Å². The summed E-state index contributed by atoms with van der Waals surface area (Å²) in [6.07, 6.45) is 0.0993. The molecule has 2 rings (SSSR count). The molecule has 0 aliphatic carbocycles. The number of benzene rings is 2. The first kappa shape index (κ1) is 18.6. The summed E-state index contributed by atoms with van der Waals surface area (Å²) in [5.41, 5.74) is 1.12. The van der Waals surface area contributed by atoms with Crippen LogP contribution in [-0.4, -0.2) is 39.3 Å². The van der Waals surface area contributed by atoms with Crippen molar-refractivity contribution in [2.45, 2.75) is 19.4 Å². The highest BCUT2D eigenvalue weighted by Gasteiger charge is 2.18. The second-order valence-corrected chi connectivity index (χ2v) is 5.74. The van der Waals surface area contributed by atoms with Crippen LogP contribution in [0.1, 0.15) is 13.3 Å². The predicted molar refractivity (Wildman–Crippen MR) is 100 cm³/mol. The van der Waals surface area contributed by atoms with Gasteiger partial charge in [0.1, 0.15) is 11.5 Å². The number of carbonyl (C=O) groups excluding carboxylic acids is 1. The Labute approximate surface area is 149 Å². The van der Waals surface area contributed by atoms with Crippen LogP contribution in [0.5, 0.6) is 11.5 Å². The zero-order valence-electron chi connectivity index (χ0n) is 15.1. The van der Waals surface area contributed by atoms with Crippen LogP contribution in [0, 0.1) is 0 Å². The lowest BCUT2D eigenvalue weighted by atomic mass is 10.2. The molecule has 2 aromatic carbocycles. The molecule has 0 bridgehead atoms. The fourth-order valence-electron chi connectivity index (χ4n) is 2.41. The standard InChI is InChI=1S/C20H26N2O3/c1-4-19(25-18-12-10-17(24-3)11-13-18)20(23)21-14-15-22(2)16-8-6-5-7-9-16/h5-13,19H,4,14-15H2,1-3H3,(H,21,23)/t19-/m0/s1. The highest BCUT2D eigenvalue weighted by atomic mass is 16.5. The van der Waals surface area contributed by atoms with Gasteiger partial charge in [0, 0.05) is 25.8 Å². The molecule has 0 aliphatic rings. The van der Waals surface area contributed by atoms with E-state index in [1.54, 1.807) is 19.2 Å². The van der Waals surface area contributed by atoms with Gasteiger partial charge in [-0.1, -0.05) is 25.1 Å². The van der Waals surface area contributed by atoms with Crippen LogP contribution >= 0.6 is 0 Å². The summed E-state index contributed by atoms with van der Waals surface area (Å²) < 4.78 is 10.9. The maximum absolute atomic E-state index is 12.3. The Hall–Kier alpha value is -2.69. The van der Waals surface area contributed by atoms with E-state index < -0.39 is 6.10 Å². The quantitative estimate of drug-likeness (QED) is 0.761. The summed E-state index contributed by atoms with van der Waals surface area (Å²) in [5.74, 6) is 1.32. The number of amides is 1. The SMILES string of the molecule is CC[C@H](Oc1ccc(OC)cc1)C(=O)NCCN(C)c1ccccc1. The zero-order valence-corrected chi connectivity index (χ0v) is 15.1. The van der Waals surface area contributed by atoms with Gasteiger partial charge >= 0.3 is 0 Å². The molecular weight excluding hydrogens is 316 g/mol. The van der Waals surface area contributed by atoms with Gasteiger partial charge in [0.2, 0.25) is 0 Å². The van der Waals surface area contributed by atoms with Gasteiger partial charge in [-0.3, -0.25) is 4.79 Å². The molecule has 0 spiro atoms. The largest absolute Gasteiger partial charge is 0.497 e. The molecule has 0 fully saturated rings. The number of nitrogens with zero attached hydrogens (tertiary/aromatic N) is 1. The Bertz CT molecular complexity index is 644. The first-order valence-corrected chi connectivity index (χ1v) is 8.48. The molecule has 0 heterocycles. The minimum Gasteiger partial charge on any atom is -0.497 e. The number of nitrogens with one attached hydrogen (secondary N) is 1. The summed E-state index contributed by atoms with van der Waals surface area (Å²) in [4.78, 5) is 14.4. The average molecular weight is 342 g/mol. The van der Waals surface area contributed by atoms with Crippen LogP contribution in [0.15, 0.2) is 54.6 Å². The van der Waals surface area contributed by atoms with Gasteiger partial charge in [-0.2, -0.15) is 0 Å². The smallest absolute Gasteiger partial charge is 0.261 e. The molecule has 134 valence electrons. The normalized spacial score (nSPS) is 11.5. The van der Waals surface area contributed by atoms with Crippen LogP contribution in [0.3, 0.4) is 0 Å². The second-order valence-electron chi connectivity index (χ2n) is 5.74. The van der Waals surface area contributed by atoms with Crippen LogP contribution in [0.25, 0.3) is 0 Å². The molecule has 0 aromatic heterocycles. The van der Waals surface area contributed by atoms with Gasteiger partial charge in [-0.25, -0.2) is 0 Å². The lowest BCUT2D eigenvalue weighted by molar-refractivity contribution is -0.128. The average Bonchev–Trinajstić information content (AvgIpc) is 2.67. The molecule has 0 unspecified atom stereocenters. The summed E-state index contributed by atoms with van der Waals surface area (Å²) >= 11 is 0. The molecule has 1 atom stereocenters. The number of carbonyl (C=O) groups is 1. The number of ether oxygens (including phenoxy) is 2. The van der Waals surface area contributed by atoms with Gasteiger partial charge in [-0.15, -0.1) is 0 Å². The number of likely N-dealkylation sites (N-methyl/N-ethyl adjacent to an activating group) is 1. The zero-order chi connectivity index (χ0) is 18.1. The number of hydrogen-bond acceptors (Lipinski definition) is 4. The monoisotopic (exact) mass is 342 g/mol. The summed E-state index contributed by atoms with van der Waals surface area (Å²) in [7, 11) is 3.62. The number of rotatable bonds is 9. The molecule has 1 N–H and O–H groups in total. The third-order valence-electron chi connectivity index (χ3n) is 3.94. The van der Waals surface area contributed by atoms with E-state index in [1.165, 1.54) is 0 Å². The minimum absolute atomic E-state index is 0.0974. The Morgan fingerprint density at radius 2 is 1.72 bits per heavy atom. The number of methoxy groups -OCH3 is 1. The van der Waals surface area contributed by atoms with Crippen LogP contribution in [0.4, 0.5) is 5.69 Å². The van der Waals surface area contributed by atoms with Gasteiger partial charge in [-0.05, 0) is 42.8 Å². The van der Waals surface area contributed by atoms with E-state index in [2.05, 4.69) is 10.2 Å². The van der Waals surface area contributed by atoms with Gasteiger partial charge in [0.25, 0.3) is 5.91 Å². The number of para-hydroxylation sites is 1. The third-order valence-corrected chi connectivity index (χ3v) is 3.94. The summed E-state index contributed by atoms with van der Waals surface area (Å²) in [6, 6.07) is 17.3. The fourth-order valence-corrected chi connectivity index (χ4v) is 2.41. The van der Waals surface area contributed by atoms with E-state index in [1.807, 2.05) is 56.4 Å². The van der Waals surface area contributed by atoms with Crippen molar-refractivity contribution in [3.05, 3.63) is 54.6 Å². The van der Waals surface area contributed by atoms with Crippen molar-refractivity contribution in [3.63, 3.8) is 0 Å². The molecule has 25 heavy (non-hydrogen) atoms. The highest BCUT2D eigenvalue weighted by molar-refractivity contribution is 5.81. The van der Waals surface area contributed by atoms with Crippen molar-refractivity contribution in [2.75, 3.05) is 32.1 Å². The van der Waals surface area contributed by atoms with Gasteiger partial charge < -0.3 is 19.7 Å². The van der Waals surface area contributed by atoms with Gasteiger partial charge in [0.15, 0.2) is 6.10 Å². The second kappa shape index (κ2) is 9.57. The lowest BCUT2D eigenvalue weighted by Crippen LogP contribution is -2.41. The molecule has 0 saturated carbocycles. The molecule has 5 heteroatoms. The van der Waals surface area contributed by atoms with Crippen LogP contribution in [-0.2, 0) is 4.79 Å². The number of anilines is 1.